The van der Waals surface area contributed by atoms with Crippen LogP contribution in [0.3, 0.4) is 0 Å². The van der Waals surface area contributed by atoms with Gasteiger partial charge >= 0.3 is 0 Å². The van der Waals surface area contributed by atoms with Crippen LogP contribution in [-0.4, -0.2) is 10.1 Å². The average molecular weight is 194 g/mol. The molecule has 0 aliphatic heterocycles. The van der Waals surface area contributed by atoms with Gasteiger partial charge in [0.25, 0.3) is 0 Å². The molecule has 0 atom stereocenters. The second-order valence-electron chi connectivity index (χ2n) is 2.76. The Balaban J connectivity index is 2.84. The molecular formula is C10H8ClNO. The van der Waals surface area contributed by atoms with Gasteiger partial charge in [-0.1, -0.05) is 17.7 Å². The number of hydrogen-bond donors (Lipinski definition) is 1. The number of benzene rings is 1. The van der Waals surface area contributed by atoms with Crippen molar-refractivity contribution in [2.75, 3.05) is 0 Å². The number of aromatic nitrogens is 1. The van der Waals surface area contributed by atoms with Gasteiger partial charge in [-0.3, -0.25) is 4.98 Å². The summed E-state index contributed by atoms with van der Waals surface area (Å²) < 4.78 is 0. The summed E-state index contributed by atoms with van der Waals surface area (Å²) in [5.74, 6) is 0. The first-order chi connectivity index (χ1) is 6.33. The molecule has 1 heterocycles. The lowest BCUT2D eigenvalue weighted by molar-refractivity contribution is 0.283. The minimum atomic E-state index is -0.00924. The highest BCUT2D eigenvalue weighted by atomic mass is 35.5. The Labute approximate surface area is 80.8 Å². The Kier molecular flexibility index (Phi) is 2.17. The molecule has 0 aliphatic carbocycles. The molecule has 1 aromatic heterocycles. The molecule has 0 bridgehead atoms. The Morgan fingerprint density at radius 2 is 2.15 bits per heavy atom. The quantitative estimate of drug-likeness (QED) is 0.755. The van der Waals surface area contributed by atoms with Crippen LogP contribution in [0, 0.1) is 0 Å². The van der Waals surface area contributed by atoms with Crippen molar-refractivity contribution in [3.8, 4) is 0 Å². The second-order valence-corrected chi connectivity index (χ2v) is 3.17. The van der Waals surface area contributed by atoms with E-state index >= 15 is 0 Å². The van der Waals surface area contributed by atoms with E-state index in [1.165, 1.54) is 0 Å². The molecule has 3 heteroatoms. The number of aliphatic hydroxyl groups excluding tert-OH is 1. The van der Waals surface area contributed by atoms with E-state index in [0.29, 0.717) is 5.02 Å². The standard InChI is InChI=1S/C10H8ClNO/c11-9-4-3-7(6-13)10-8(9)2-1-5-12-10/h1-5,13H,6H2. The lowest BCUT2D eigenvalue weighted by Crippen LogP contribution is -1.88. The third-order valence-corrected chi connectivity index (χ3v) is 2.30. The summed E-state index contributed by atoms with van der Waals surface area (Å²) in [7, 11) is 0. The molecule has 1 N–H and O–H groups in total. The molecule has 2 aromatic rings. The van der Waals surface area contributed by atoms with E-state index in [4.69, 9.17) is 16.7 Å². The first-order valence-corrected chi connectivity index (χ1v) is 4.33. The van der Waals surface area contributed by atoms with Crippen LogP contribution in [0.25, 0.3) is 10.9 Å². The van der Waals surface area contributed by atoms with Crippen molar-refractivity contribution in [1.82, 2.24) is 4.98 Å². The summed E-state index contributed by atoms with van der Waals surface area (Å²) in [6.45, 7) is -0.00924. The van der Waals surface area contributed by atoms with Crippen LogP contribution < -0.4 is 0 Å². The third-order valence-electron chi connectivity index (χ3n) is 1.97. The zero-order valence-electron chi connectivity index (χ0n) is 6.87. The molecule has 0 saturated heterocycles. The predicted molar refractivity (Wildman–Crippen MR) is 52.7 cm³/mol. The molecule has 0 radical (unpaired) electrons. The topological polar surface area (TPSA) is 33.1 Å². The smallest absolute Gasteiger partial charge is 0.0772 e. The molecule has 66 valence electrons. The molecule has 0 fully saturated rings. The van der Waals surface area contributed by atoms with Gasteiger partial charge in [0.1, 0.15) is 0 Å². The maximum Gasteiger partial charge on any atom is 0.0772 e. The Morgan fingerprint density at radius 1 is 1.31 bits per heavy atom. The molecule has 0 saturated carbocycles. The van der Waals surface area contributed by atoms with Crippen molar-refractivity contribution in [2.45, 2.75) is 6.61 Å². The summed E-state index contributed by atoms with van der Waals surface area (Å²) >= 11 is 5.96. The number of nitrogens with zero attached hydrogens (tertiary/aromatic N) is 1. The largest absolute Gasteiger partial charge is 0.392 e. The van der Waals surface area contributed by atoms with Crippen LogP contribution in [0.5, 0.6) is 0 Å². The lowest BCUT2D eigenvalue weighted by atomic mass is 10.1. The monoisotopic (exact) mass is 193 g/mol. The van der Waals surface area contributed by atoms with Crippen molar-refractivity contribution >= 4 is 22.5 Å². The Morgan fingerprint density at radius 3 is 2.92 bits per heavy atom. The van der Waals surface area contributed by atoms with E-state index < -0.39 is 0 Å². The fourth-order valence-electron chi connectivity index (χ4n) is 1.32. The van der Waals surface area contributed by atoms with Crippen molar-refractivity contribution < 1.29 is 5.11 Å². The van der Waals surface area contributed by atoms with E-state index in [1.807, 2.05) is 12.1 Å². The van der Waals surface area contributed by atoms with Gasteiger partial charge in [-0.15, -0.1) is 0 Å². The van der Waals surface area contributed by atoms with Crippen molar-refractivity contribution in [3.05, 3.63) is 41.0 Å². The Bertz CT molecular complexity index is 442. The first kappa shape index (κ1) is 8.48. The van der Waals surface area contributed by atoms with Crippen LogP contribution in [-0.2, 0) is 6.61 Å². The van der Waals surface area contributed by atoms with Gasteiger partial charge in [-0.2, -0.15) is 0 Å². The summed E-state index contributed by atoms with van der Waals surface area (Å²) in [5.41, 5.74) is 1.58. The number of fused-ring (bicyclic) bond motifs is 1. The number of hydrogen-bond acceptors (Lipinski definition) is 2. The molecule has 0 aliphatic rings. The fourth-order valence-corrected chi connectivity index (χ4v) is 1.54. The molecule has 2 nitrogen and oxygen atoms in total. The summed E-state index contributed by atoms with van der Waals surface area (Å²) in [6, 6.07) is 7.29. The van der Waals surface area contributed by atoms with Gasteiger partial charge in [0.2, 0.25) is 0 Å². The van der Waals surface area contributed by atoms with Gasteiger partial charge < -0.3 is 5.11 Å². The van der Waals surface area contributed by atoms with Crippen LogP contribution in [0.15, 0.2) is 30.5 Å². The number of halogens is 1. The van der Waals surface area contributed by atoms with Gasteiger partial charge in [0.05, 0.1) is 12.1 Å². The van der Waals surface area contributed by atoms with Gasteiger partial charge in [-0.05, 0) is 18.2 Å². The highest BCUT2D eigenvalue weighted by Gasteiger charge is 2.03. The van der Waals surface area contributed by atoms with Gasteiger partial charge in [0, 0.05) is 22.2 Å². The van der Waals surface area contributed by atoms with E-state index in [9.17, 15) is 0 Å². The zero-order chi connectivity index (χ0) is 9.26. The van der Waals surface area contributed by atoms with E-state index in [-0.39, 0.29) is 6.61 Å². The molecule has 2 rings (SSSR count). The maximum absolute atomic E-state index is 9.04. The van der Waals surface area contributed by atoms with Crippen molar-refractivity contribution in [3.63, 3.8) is 0 Å². The molecule has 0 amide bonds. The molecule has 1 aromatic carbocycles. The normalized spacial score (nSPS) is 10.6. The minimum absolute atomic E-state index is 0.00924. The summed E-state index contributed by atoms with van der Waals surface area (Å²) in [6.07, 6.45) is 1.69. The number of rotatable bonds is 1. The van der Waals surface area contributed by atoms with Gasteiger partial charge in [-0.25, -0.2) is 0 Å². The molecule has 0 unspecified atom stereocenters. The molecule has 13 heavy (non-hydrogen) atoms. The first-order valence-electron chi connectivity index (χ1n) is 3.96. The zero-order valence-corrected chi connectivity index (χ0v) is 7.62. The molecule has 0 spiro atoms. The van der Waals surface area contributed by atoms with E-state index in [1.54, 1.807) is 18.3 Å². The maximum atomic E-state index is 9.04. The van der Waals surface area contributed by atoms with Crippen LogP contribution in [0.2, 0.25) is 5.02 Å². The van der Waals surface area contributed by atoms with Crippen LogP contribution in [0.1, 0.15) is 5.56 Å². The van der Waals surface area contributed by atoms with Gasteiger partial charge in [0.15, 0.2) is 0 Å². The fraction of sp³-hybridized carbons (Fsp3) is 0.100. The highest BCUT2D eigenvalue weighted by molar-refractivity contribution is 6.35. The Hall–Kier alpha value is -1.12. The van der Waals surface area contributed by atoms with Crippen molar-refractivity contribution in [1.29, 1.82) is 0 Å². The highest BCUT2D eigenvalue weighted by Crippen LogP contribution is 2.24. The SMILES string of the molecule is OCc1ccc(Cl)c2cccnc12. The van der Waals surface area contributed by atoms with E-state index in [0.717, 1.165) is 16.5 Å². The van der Waals surface area contributed by atoms with Crippen LogP contribution >= 0.6 is 11.6 Å². The number of aliphatic hydroxyl groups is 1. The third kappa shape index (κ3) is 1.39. The predicted octanol–water partition coefficient (Wildman–Crippen LogP) is 2.38. The average Bonchev–Trinajstić information content (AvgIpc) is 2.19. The van der Waals surface area contributed by atoms with E-state index in [2.05, 4.69) is 4.98 Å². The number of pyridine rings is 1. The minimum Gasteiger partial charge on any atom is -0.392 e. The molecular weight excluding hydrogens is 186 g/mol. The van der Waals surface area contributed by atoms with Crippen LogP contribution in [0.4, 0.5) is 0 Å². The summed E-state index contributed by atoms with van der Waals surface area (Å²) in [5, 5.41) is 10.6. The second kappa shape index (κ2) is 3.32. The summed E-state index contributed by atoms with van der Waals surface area (Å²) in [4.78, 5) is 4.17. The lowest BCUT2D eigenvalue weighted by Gasteiger charge is -2.03. The van der Waals surface area contributed by atoms with Crippen molar-refractivity contribution in [2.24, 2.45) is 0 Å².